The van der Waals surface area contributed by atoms with E-state index in [1.807, 2.05) is 4.90 Å². The van der Waals surface area contributed by atoms with Gasteiger partial charge in [-0.05, 0) is 32.0 Å². The predicted octanol–water partition coefficient (Wildman–Crippen LogP) is 2.47. The van der Waals surface area contributed by atoms with Crippen LogP contribution in [0.3, 0.4) is 0 Å². The summed E-state index contributed by atoms with van der Waals surface area (Å²) in [5.41, 5.74) is 0.612. The number of carboxylic acid groups (broad SMARTS) is 1. The van der Waals surface area contributed by atoms with Gasteiger partial charge in [-0.2, -0.15) is 13.2 Å². The van der Waals surface area contributed by atoms with Crippen molar-refractivity contribution in [2.75, 3.05) is 44.2 Å². The molecular formula is C18H23ClF3N3O4. The van der Waals surface area contributed by atoms with Crippen molar-refractivity contribution >= 4 is 36.0 Å². The minimum absolute atomic E-state index is 0. The van der Waals surface area contributed by atoms with Gasteiger partial charge in [-0.3, -0.25) is 4.79 Å². The van der Waals surface area contributed by atoms with Gasteiger partial charge < -0.3 is 24.2 Å². The Hall–Kier alpha value is -2.20. The van der Waals surface area contributed by atoms with Crippen molar-refractivity contribution in [3.63, 3.8) is 0 Å². The highest BCUT2D eigenvalue weighted by Gasteiger charge is 2.45. The zero-order valence-electron chi connectivity index (χ0n) is 15.6. The molecule has 2 fully saturated rings. The molecule has 1 aromatic heterocycles. The molecular weight excluding hydrogens is 415 g/mol. The summed E-state index contributed by atoms with van der Waals surface area (Å²) in [5, 5.41) is 8.83. The van der Waals surface area contributed by atoms with Crippen LogP contribution in [0.15, 0.2) is 22.8 Å². The third kappa shape index (κ3) is 5.66. The lowest BCUT2D eigenvalue weighted by molar-refractivity contribution is -0.186. The Morgan fingerprint density at radius 2 is 1.90 bits per heavy atom. The third-order valence-electron chi connectivity index (χ3n) is 5.04. The van der Waals surface area contributed by atoms with E-state index in [-0.39, 0.29) is 38.1 Å². The Bertz CT molecular complexity index is 747. The van der Waals surface area contributed by atoms with Crippen LogP contribution in [-0.2, 0) is 9.59 Å². The van der Waals surface area contributed by atoms with Crippen LogP contribution in [0.2, 0.25) is 0 Å². The van der Waals surface area contributed by atoms with Crippen LogP contribution in [0.1, 0.15) is 18.6 Å². The first kappa shape index (κ1) is 23.1. The van der Waals surface area contributed by atoms with E-state index >= 15 is 0 Å². The molecule has 0 aromatic carbocycles. The molecule has 1 amide bonds. The minimum Gasteiger partial charge on any atom is -0.478 e. The zero-order valence-corrected chi connectivity index (χ0v) is 16.4. The largest absolute Gasteiger partial charge is 0.478 e. The van der Waals surface area contributed by atoms with Crippen LogP contribution < -0.4 is 4.90 Å². The minimum atomic E-state index is -4.90. The molecule has 3 rings (SSSR count). The van der Waals surface area contributed by atoms with Crippen molar-refractivity contribution in [1.29, 1.82) is 0 Å². The average molecular weight is 438 g/mol. The summed E-state index contributed by atoms with van der Waals surface area (Å²) < 4.78 is 44.0. The van der Waals surface area contributed by atoms with E-state index in [0.29, 0.717) is 18.0 Å². The maximum atomic E-state index is 12.9. The molecule has 1 N–H and O–H groups in total. The second kappa shape index (κ2) is 9.53. The summed E-state index contributed by atoms with van der Waals surface area (Å²) in [6.07, 6.45) is 0.855. The van der Waals surface area contributed by atoms with E-state index in [1.54, 1.807) is 6.07 Å². The summed E-state index contributed by atoms with van der Waals surface area (Å²) in [6.45, 7) is 2.34. The molecule has 1 unspecified atom stereocenters. The maximum absolute atomic E-state index is 12.9. The molecule has 29 heavy (non-hydrogen) atoms. The van der Waals surface area contributed by atoms with Crippen LogP contribution in [0.4, 0.5) is 18.9 Å². The summed E-state index contributed by atoms with van der Waals surface area (Å²) in [4.78, 5) is 27.4. The Morgan fingerprint density at radius 3 is 2.52 bits per heavy atom. The normalized spacial score (nSPS) is 20.9. The van der Waals surface area contributed by atoms with Crippen LogP contribution >= 0.6 is 12.4 Å². The molecule has 1 atom stereocenters. The van der Waals surface area contributed by atoms with Gasteiger partial charge in [-0.25, -0.2) is 4.79 Å². The molecule has 162 valence electrons. The first-order valence-electron chi connectivity index (χ1n) is 9.09. The number of furan rings is 1. The van der Waals surface area contributed by atoms with Gasteiger partial charge in [0.1, 0.15) is 5.76 Å². The summed E-state index contributed by atoms with van der Waals surface area (Å²) >= 11 is 0. The quantitative estimate of drug-likeness (QED) is 0.713. The molecule has 3 heterocycles. The number of carbonyl (C=O) groups excluding carboxylic acids is 1. The topological polar surface area (TPSA) is 77.2 Å². The highest BCUT2D eigenvalue weighted by atomic mass is 35.5. The van der Waals surface area contributed by atoms with Crippen molar-refractivity contribution in [1.82, 2.24) is 9.80 Å². The molecule has 0 saturated carbocycles. The molecule has 2 aliphatic rings. The molecule has 0 radical (unpaired) electrons. The second-order valence-corrected chi connectivity index (χ2v) is 6.95. The van der Waals surface area contributed by atoms with Crippen LogP contribution in [0.25, 0.3) is 6.08 Å². The van der Waals surface area contributed by atoms with Gasteiger partial charge in [0, 0.05) is 38.3 Å². The van der Waals surface area contributed by atoms with Crippen molar-refractivity contribution in [3.8, 4) is 0 Å². The Kier molecular flexibility index (Phi) is 7.59. The van der Waals surface area contributed by atoms with Crippen molar-refractivity contribution in [3.05, 3.63) is 24.2 Å². The van der Waals surface area contributed by atoms with Crippen LogP contribution in [0, 0.1) is 0 Å². The van der Waals surface area contributed by atoms with E-state index in [0.717, 1.165) is 36.9 Å². The fourth-order valence-electron chi connectivity index (χ4n) is 3.78. The lowest BCUT2D eigenvalue weighted by Gasteiger charge is -2.43. The number of hydrogen-bond donors (Lipinski definition) is 1. The molecule has 2 saturated heterocycles. The number of piperazine rings is 1. The zero-order chi connectivity index (χ0) is 20.3. The number of aliphatic carboxylic acids is 1. The van der Waals surface area contributed by atoms with Gasteiger partial charge >= 0.3 is 18.1 Å². The molecule has 11 heteroatoms. The number of amides is 1. The molecule has 0 spiro atoms. The van der Waals surface area contributed by atoms with Gasteiger partial charge in [-0.1, -0.05) is 0 Å². The first-order chi connectivity index (χ1) is 13.3. The number of alkyl halides is 3. The van der Waals surface area contributed by atoms with E-state index < -0.39 is 18.1 Å². The maximum Gasteiger partial charge on any atom is 0.471 e. The summed E-state index contributed by atoms with van der Waals surface area (Å²) in [6, 6.07) is 1.31. The Labute approximate surface area is 172 Å². The average Bonchev–Trinajstić information content (AvgIpc) is 3.30. The number of carboxylic acids is 1. The smallest absolute Gasteiger partial charge is 0.471 e. The van der Waals surface area contributed by atoms with Gasteiger partial charge in [0.05, 0.1) is 18.0 Å². The Morgan fingerprint density at radius 1 is 1.21 bits per heavy atom. The van der Waals surface area contributed by atoms with E-state index in [9.17, 15) is 22.8 Å². The van der Waals surface area contributed by atoms with Crippen molar-refractivity contribution < 1.29 is 32.3 Å². The number of hydrogen-bond acceptors (Lipinski definition) is 5. The highest BCUT2D eigenvalue weighted by Crippen LogP contribution is 2.29. The molecule has 2 aliphatic heterocycles. The molecule has 1 aromatic rings. The first-order valence-corrected chi connectivity index (χ1v) is 9.09. The van der Waals surface area contributed by atoms with E-state index in [1.165, 1.54) is 12.3 Å². The molecule has 0 aliphatic carbocycles. The molecule has 0 bridgehead atoms. The number of halogens is 4. The lowest BCUT2D eigenvalue weighted by atomic mass is 10.1. The number of nitrogens with zero attached hydrogens (tertiary/aromatic N) is 3. The highest BCUT2D eigenvalue weighted by molar-refractivity contribution is 5.86. The number of carbonyl (C=O) groups is 2. The predicted molar refractivity (Wildman–Crippen MR) is 102 cm³/mol. The summed E-state index contributed by atoms with van der Waals surface area (Å²) in [5.74, 6) is -2.63. The van der Waals surface area contributed by atoms with Crippen LogP contribution in [0.5, 0.6) is 0 Å². The van der Waals surface area contributed by atoms with E-state index in [2.05, 4.69) is 4.90 Å². The van der Waals surface area contributed by atoms with Crippen LogP contribution in [-0.4, -0.2) is 78.3 Å². The number of likely N-dealkylation sites (tertiary alicyclic amines) is 1. The standard InChI is InChI=1S/C18H22F3N3O4.ClH/c19-18(20,21)17(27)23-8-9-24(13(12-23)11-22-6-1-2-7-22)14-5-10-28-15(14)3-4-16(25)26;/h3-5,10,13H,1-2,6-9,11-12H2,(H,25,26);1H/b4-3+;. The van der Waals surface area contributed by atoms with Crippen molar-refractivity contribution in [2.24, 2.45) is 0 Å². The third-order valence-corrected chi connectivity index (χ3v) is 5.04. The number of anilines is 1. The van der Waals surface area contributed by atoms with Gasteiger partial charge in [0.15, 0.2) is 0 Å². The number of rotatable bonds is 5. The second-order valence-electron chi connectivity index (χ2n) is 6.95. The fourth-order valence-corrected chi connectivity index (χ4v) is 3.78. The Balaban J connectivity index is 0.00000300. The van der Waals surface area contributed by atoms with Gasteiger partial charge in [0.2, 0.25) is 0 Å². The van der Waals surface area contributed by atoms with E-state index in [4.69, 9.17) is 9.52 Å². The lowest BCUT2D eigenvalue weighted by Crippen LogP contribution is -2.60. The molecule has 7 nitrogen and oxygen atoms in total. The fraction of sp³-hybridized carbons (Fsp3) is 0.556. The van der Waals surface area contributed by atoms with Gasteiger partial charge in [0.25, 0.3) is 0 Å². The SMILES string of the molecule is Cl.O=C(O)/C=C/c1occc1N1CCN(C(=O)C(F)(F)F)CC1CN1CCCC1. The summed E-state index contributed by atoms with van der Waals surface area (Å²) in [7, 11) is 0. The van der Waals surface area contributed by atoms with Crippen molar-refractivity contribution in [2.45, 2.75) is 25.1 Å². The van der Waals surface area contributed by atoms with Gasteiger partial charge in [-0.15, -0.1) is 12.4 Å². The monoisotopic (exact) mass is 437 g/mol.